The number of piperidine rings is 1. The van der Waals surface area contributed by atoms with Gasteiger partial charge in [-0.05, 0) is 69.0 Å². The summed E-state index contributed by atoms with van der Waals surface area (Å²) in [6.07, 6.45) is 3.94. The lowest BCUT2D eigenvalue weighted by Crippen LogP contribution is -2.48. The van der Waals surface area contributed by atoms with Crippen molar-refractivity contribution in [3.63, 3.8) is 0 Å². The maximum absolute atomic E-state index is 12.7. The van der Waals surface area contributed by atoms with Crippen molar-refractivity contribution in [3.8, 4) is 0 Å². The molecule has 1 aromatic rings. The van der Waals surface area contributed by atoms with Crippen molar-refractivity contribution in [2.75, 3.05) is 26.2 Å². The molecule has 2 N–H and O–H groups in total. The number of rotatable bonds is 4. The van der Waals surface area contributed by atoms with Crippen molar-refractivity contribution in [2.24, 2.45) is 5.92 Å². The molecule has 0 aliphatic carbocycles. The summed E-state index contributed by atoms with van der Waals surface area (Å²) < 4.78 is 0.941. The number of nitrogens with zero attached hydrogens (tertiary/aromatic N) is 1. The second-order valence-electron chi connectivity index (χ2n) is 6.62. The average Bonchev–Trinajstić information content (AvgIpc) is 3.10. The molecule has 2 unspecified atom stereocenters. The van der Waals surface area contributed by atoms with E-state index in [0.29, 0.717) is 24.6 Å². The fourth-order valence-corrected chi connectivity index (χ4v) is 3.77. The van der Waals surface area contributed by atoms with E-state index in [0.717, 1.165) is 43.2 Å². The van der Waals surface area contributed by atoms with Gasteiger partial charge in [-0.25, -0.2) is 0 Å². The quantitative estimate of drug-likeness (QED) is 0.823. The van der Waals surface area contributed by atoms with E-state index in [1.807, 2.05) is 12.1 Å². The minimum atomic E-state index is -0.335. The van der Waals surface area contributed by atoms with Gasteiger partial charge in [-0.15, -0.1) is 0 Å². The Morgan fingerprint density at radius 3 is 2.71 bits per heavy atom. The number of carbonyl (C=O) groups is 2. The fourth-order valence-electron chi connectivity index (χ4n) is 3.50. The molecule has 5 nitrogen and oxygen atoms in total. The van der Waals surface area contributed by atoms with Gasteiger partial charge in [0.2, 0.25) is 5.91 Å². The van der Waals surface area contributed by atoms with Gasteiger partial charge in [0.15, 0.2) is 0 Å². The molecule has 1 aromatic carbocycles. The number of benzene rings is 1. The zero-order valence-corrected chi connectivity index (χ0v) is 15.3. The molecule has 3 rings (SSSR count). The van der Waals surface area contributed by atoms with Crippen LogP contribution in [0, 0.1) is 5.92 Å². The molecule has 0 aromatic heterocycles. The van der Waals surface area contributed by atoms with E-state index in [9.17, 15) is 9.59 Å². The summed E-state index contributed by atoms with van der Waals surface area (Å²) in [4.78, 5) is 27.0. The van der Waals surface area contributed by atoms with Crippen LogP contribution in [0.15, 0.2) is 28.7 Å². The molecule has 130 valence electrons. The molecule has 24 heavy (non-hydrogen) atoms. The number of hydrogen-bond acceptors (Lipinski definition) is 3. The molecule has 2 saturated heterocycles. The van der Waals surface area contributed by atoms with Crippen LogP contribution in [0.5, 0.6) is 0 Å². The molecular weight excluding hydrogens is 370 g/mol. The highest BCUT2D eigenvalue weighted by atomic mass is 79.9. The number of hydrogen-bond donors (Lipinski definition) is 2. The average molecular weight is 394 g/mol. The summed E-state index contributed by atoms with van der Waals surface area (Å²) in [7, 11) is 0. The molecule has 2 fully saturated rings. The van der Waals surface area contributed by atoms with Gasteiger partial charge in [0.1, 0.15) is 6.04 Å². The topological polar surface area (TPSA) is 61.4 Å². The summed E-state index contributed by atoms with van der Waals surface area (Å²) >= 11 is 3.38. The van der Waals surface area contributed by atoms with Crippen LogP contribution < -0.4 is 10.6 Å². The van der Waals surface area contributed by atoms with Gasteiger partial charge in [-0.3, -0.25) is 9.59 Å². The Hall–Kier alpha value is -1.40. The number of nitrogens with one attached hydrogen (secondary N) is 2. The fraction of sp³-hybridized carbons (Fsp3) is 0.556. The number of likely N-dealkylation sites (tertiary alicyclic amines) is 1. The van der Waals surface area contributed by atoms with Crippen molar-refractivity contribution in [1.82, 2.24) is 15.5 Å². The van der Waals surface area contributed by atoms with Crippen LogP contribution in [-0.2, 0) is 4.79 Å². The summed E-state index contributed by atoms with van der Waals surface area (Å²) in [5, 5.41) is 6.42. The van der Waals surface area contributed by atoms with E-state index in [1.54, 1.807) is 17.0 Å². The maximum atomic E-state index is 12.7. The standard InChI is InChI=1S/C18H24BrN3O2/c19-15-7-5-14(6-8-15)18(24)22-10-2-4-16(22)17(23)21-12-13-3-1-9-20-11-13/h5-8,13,16,20H,1-4,9-12H2,(H,21,23). The first-order chi connectivity index (χ1) is 11.6. The summed E-state index contributed by atoms with van der Waals surface area (Å²) in [6.45, 7) is 3.38. The number of carbonyl (C=O) groups excluding carboxylic acids is 2. The molecule has 6 heteroatoms. The second kappa shape index (κ2) is 8.12. The second-order valence-corrected chi connectivity index (χ2v) is 7.54. The van der Waals surface area contributed by atoms with Crippen LogP contribution in [0.4, 0.5) is 0 Å². The summed E-state index contributed by atoms with van der Waals surface area (Å²) in [5.74, 6) is 0.433. The van der Waals surface area contributed by atoms with E-state index in [-0.39, 0.29) is 17.9 Å². The van der Waals surface area contributed by atoms with Gasteiger partial charge in [0.05, 0.1) is 0 Å². The van der Waals surface area contributed by atoms with E-state index in [4.69, 9.17) is 0 Å². The molecule has 0 bridgehead atoms. The first-order valence-corrected chi connectivity index (χ1v) is 9.49. The molecule has 2 amide bonds. The molecule has 0 saturated carbocycles. The van der Waals surface area contributed by atoms with E-state index < -0.39 is 0 Å². The van der Waals surface area contributed by atoms with Crippen molar-refractivity contribution in [1.29, 1.82) is 0 Å². The van der Waals surface area contributed by atoms with Crippen molar-refractivity contribution in [2.45, 2.75) is 31.7 Å². The van der Waals surface area contributed by atoms with Crippen LogP contribution in [0.1, 0.15) is 36.0 Å². The van der Waals surface area contributed by atoms with E-state index in [2.05, 4.69) is 26.6 Å². The minimum absolute atomic E-state index is 0.0106. The molecule has 0 spiro atoms. The molecule has 0 radical (unpaired) electrons. The van der Waals surface area contributed by atoms with Crippen molar-refractivity contribution >= 4 is 27.7 Å². The zero-order valence-electron chi connectivity index (χ0n) is 13.8. The van der Waals surface area contributed by atoms with Gasteiger partial charge in [0.25, 0.3) is 5.91 Å². The highest BCUT2D eigenvalue weighted by Crippen LogP contribution is 2.21. The van der Waals surface area contributed by atoms with Crippen LogP contribution >= 0.6 is 15.9 Å². The first-order valence-electron chi connectivity index (χ1n) is 8.70. The molecule has 2 heterocycles. The Balaban J connectivity index is 1.58. The largest absolute Gasteiger partial charge is 0.354 e. The third-order valence-electron chi connectivity index (χ3n) is 4.87. The van der Waals surface area contributed by atoms with Gasteiger partial charge in [0, 0.05) is 23.1 Å². The molecule has 2 atom stereocenters. The van der Waals surface area contributed by atoms with Crippen LogP contribution in [-0.4, -0.2) is 48.9 Å². The zero-order chi connectivity index (χ0) is 16.9. The lowest BCUT2D eigenvalue weighted by molar-refractivity contribution is -0.125. The van der Waals surface area contributed by atoms with E-state index >= 15 is 0 Å². The van der Waals surface area contributed by atoms with Gasteiger partial charge in [-0.2, -0.15) is 0 Å². The predicted octanol–water partition coefficient (Wildman–Crippen LogP) is 2.17. The Labute approximate surface area is 151 Å². The normalized spacial score (nSPS) is 24.0. The lowest BCUT2D eigenvalue weighted by Gasteiger charge is -2.26. The Morgan fingerprint density at radius 1 is 1.21 bits per heavy atom. The van der Waals surface area contributed by atoms with Crippen molar-refractivity contribution < 1.29 is 9.59 Å². The lowest BCUT2D eigenvalue weighted by atomic mass is 9.99. The Kier molecular flexibility index (Phi) is 5.89. The Bertz CT molecular complexity index is 584. The number of halogens is 1. The van der Waals surface area contributed by atoms with Gasteiger partial charge < -0.3 is 15.5 Å². The summed E-state index contributed by atoms with van der Waals surface area (Å²) in [5.41, 5.74) is 0.634. The molecule has 2 aliphatic rings. The SMILES string of the molecule is O=C(NCC1CCCNC1)C1CCCN1C(=O)c1ccc(Br)cc1. The molecular formula is C18H24BrN3O2. The first kappa shape index (κ1) is 17.4. The number of amides is 2. The van der Waals surface area contributed by atoms with Crippen LogP contribution in [0.3, 0.4) is 0 Å². The maximum Gasteiger partial charge on any atom is 0.254 e. The van der Waals surface area contributed by atoms with Gasteiger partial charge in [-0.1, -0.05) is 15.9 Å². The Morgan fingerprint density at radius 2 is 2.00 bits per heavy atom. The smallest absolute Gasteiger partial charge is 0.254 e. The van der Waals surface area contributed by atoms with Crippen LogP contribution in [0.25, 0.3) is 0 Å². The highest BCUT2D eigenvalue weighted by molar-refractivity contribution is 9.10. The summed E-state index contributed by atoms with van der Waals surface area (Å²) in [6, 6.07) is 6.97. The monoisotopic (exact) mass is 393 g/mol. The van der Waals surface area contributed by atoms with Crippen LogP contribution in [0.2, 0.25) is 0 Å². The molecule has 2 aliphatic heterocycles. The van der Waals surface area contributed by atoms with Crippen molar-refractivity contribution in [3.05, 3.63) is 34.3 Å². The minimum Gasteiger partial charge on any atom is -0.354 e. The van der Waals surface area contributed by atoms with Gasteiger partial charge >= 0.3 is 0 Å². The van der Waals surface area contributed by atoms with E-state index in [1.165, 1.54) is 0 Å². The predicted molar refractivity (Wildman–Crippen MR) is 96.8 cm³/mol. The highest BCUT2D eigenvalue weighted by Gasteiger charge is 2.34. The third kappa shape index (κ3) is 4.16. The third-order valence-corrected chi connectivity index (χ3v) is 5.40.